The van der Waals surface area contributed by atoms with Gasteiger partial charge in [-0.1, -0.05) is 8.25 Å². The number of halogens is 12. The number of sulfonamides is 4. The van der Waals surface area contributed by atoms with Crippen molar-refractivity contribution >= 4 is 40.1 Å². The second-order valence-electron chi connectivity index (χ2n) is 3.96. The normalized spacial score (nSPS) is 14.8. The van der Waals surface area contributed by atoms with Crippen LogP contribution < -0.4 is 8.25 Å². The molecule has 0 spiro atoms. The van der Waals surface area contributed by atoms with Crippen molar-refractivity contribution in [2.45, 2.75) is 22.0 Å². The van der Waals surface area contributed by atoms with Gasteiger partial charge in [0.15, 0.2) is 0 Å². The molecule has 0 aromatic rings. The van der Waals surface area contributed by atoms with Gasteiger partial charge in [-0.25, -0.2) is 33.7 Å². The van der Waals surface area contributed by atoms with Crippen molar-refractivity contribution in [1.82, 2.24) is 8.25 Å². The summed E-state index contributed by atoms with van der Waals surface area (Å²) in [6, 6.07) is 0. The molecule has 0 fully saturated rings. The molecule has 0 aliphatic carbocycles. The molecule has 0 unspecified atom stereocenters. The summed E-state index contributed by atoms with van der Waals surface area (Å²) in [5.74, 6) is 0. The van der Waals surface area contributed by atoms with Gasteiger partial charge in [-0.05, 0) is 0 Å². The molecule has 0 saturated heterocycles. The Balaban J connectivity index is -0.000000490. The van der Waals surface area contributed by atoms with Crippen LogP contribution in [0.25, 0.3) is 0 Å². The topological polar surface area (TPSA) is 161 Å². The van der Waals surface area contributed by atoms with Gasteiger partial charge in [-0.3, -0.25) is 0 Å². The van der Waals surface area contributed by atoms with E-state index in [1.54, 1.807) is 0 Å². The average Bonchev–Trinajstić information content (AvgIpc) is 2.30. The Labute approximate surface area is 174 Å². The second kappa shape index (κ2) is 9.72. The first kappa shape index (κ1) is 35.0. The molecule has 0 aliphatic rings. The van der Waals surface area contributed by atoms with Gasteiger partial charge in [0.1, 0.15) is 0 Å². The molecule has 2 N–H and O–H groups in total. The van der Waals surface area contributed by atoms with Gasteiger partial charge in [-0.15, -0.1) is 0 Å². The van der Waals surface area contributed by atoms with Gasteiger partial charge in [0, 0.05) is 17.1 Å². The molecule has 0 bridgehead atoms. The van der Waals surface area contributed by atoms with Crippen molar-refractivity contribution in [3.8, 4) is 0 Å². The fourth-order valence-corrected chi connectivity index (χ4v) is 4.30. The number of hydrogen-bond donors (Lipinski definition) is 2. The van der Waals surface area contributed by atoms with Gasteiger partial charge < -0.3 is 0 Å². The van der Waals surface area contributed by atoms with Crippen LogP contribution in [0.4, 0.5) is 52.7 Å². The quantitative estimate of drug-likeness (QED) is 0.342. The van der Waals surface area contributed by atoms with Crippen LogP contribution >= 0.6 is 0 Å². The van der Waals surface area contributed by atoms with Crippen molar-refractivity contribution in [3.05, 3.63) is 0 Å². The molecule has 0 rings (SSSR count). The Morgan fingerprint density at radius 2 is 0.452 bits per heavy atom. The van der Waals surface area contributed by atoms with E-state index in [-0.39, 0.29) is 17.1 Å². The number of alkyl halides is 12. The summed E-state index contributed by atoms with van der Waals surface area (Å²) >= 11 is 0. The molecule has 1 radical (unpaired) electrons. The zero-order valence-corrected chi connectivity index (χ0v) is 17.3. The van der Waals surface area contributed by atoms with E-state index in [4.69, 9.17) is 0 Å². The zero-order chi connectivity index (χ0) is 25.4. The predicted molar refractivity (Wildman–Crippen MR) is 66.2 cm³/mol. The van der Waals surface area contributed by atoms with Crippen LogP contribution in [0.5, 0.6) is 0 Å². The maximum absolute atomic E-state index is 11.5. The van der Waals surface area contributed by atoms with Crippen molar-refractivity contribution in [2.24, 2.45) is 0 Å². The first-order valence-electron chi connectivity index (χ1n) is 5.23. The molecule has 0 aromatic carbocycles. The molecule has 0 amide bonds. The molecular formula is C4H2F12MnN2O8S4. The van der Waals surface area contributed by atoms with E-state index in [2.05, 4.69) is 0 Å². The van der Waals surface area contributed by atoms with Crippen molar-refractivity contribution in [1.29, 1.82) is 0 Å². The van der Waals surface area contributed by atoms with Gasteiger partial charge >= 0.3 is 62.1 Å². The molecule has 27 heteroatoms. The van der Waals surface area contributed by atoms with Crippen molar-refractivity contribution in [2.75, 3.05) is 0 Å². The van der Waals surface area contributed by atoms with Crippen LogP contribution in [0.1, 0.15) is 0 Å². The molecule has 0 saturated carbocycles. The first-order chi connectivity index (χ1) is 12.4. The minimum Gasteiger partial charge on any atom is -0.202 e. The molecule has 0 atom stereocenters. The summed E-state index contributed by atoms with van der Waals surface area (Å²) in [5.41, 5.74) is -24.6. The fourth-order valence-electron chi connectivity index (χ4n) is 0.478. The SMILES string of the molecule is O=S(=O)(NS(=O)(=O)C(F)(F)F)C(F)(F)F.O=S(=O)(NS(=O)(=O)C(F)(F)F)C(F)(F)F.[Mn]. The maximum atomic E-state index is 11.5. The Morgan fingerprint density at radius 3 is 0.516 bits per heavy atom. The number of nitrogens with one attached hydrogen (secondary N) is 2. The summed E-state index contributed by atoms with van der Waals surface area (Å²) in [4.78, 5) is 0. The van der Waals surface area contributed by atoms with Crippen LogP contribution in [0.2, 0.25) is 0 Å². The zero-order valence-electron chi connectivity index (χ0n) is 12.8. The first-order valence-corrected chi connectivity index (χ1v) is 11.2. The van der Waals surface area contributed by atoms with Crippen molar-refractivity contribution < 1.29 is 103 Å². The number of hydrogen-bond acceptors (Lipinski definition) is 8. The van der Waals surface area contributed by atoms with Crippen LogP contribution in [-0.4, -0.2) is 55.7 Å². The molecule has 31 heavy (non-hydrogen) atoms. The minimum absolute atomic E-state index is 0. The fraction of sp³-hybridized carbons (Fsp3) is 1.00. The van der Waals surface area contributed by atoms with E-state index in [0.717, 1.165) is 0 Å². The molecular weight excluding hydrogens is 615 g/mol. The smallest absolute Gasteiger partial charge is 0.202 e. The predicted octanol–water partition coefficient (Wildman–Crippen LogP) is 0.548. The van der Waals surface area contributed by atoms with Gasteiger partial charge in [0.2, 0.25) is 0 Å². The third kappa shape index (κ3) is 9.82. The summed E-state index contributed by atoms with van der Waals surface area (Å²) in [6.07, 6.45) is 0. The third-order valence-electron chi connectivity index (χ3n) is 1.66. The molecule has 10 nitrogen and oxygen atoms in total. The van der Waals surface area contributed by atoms with E-state index in [9.17, 15) is 86.4 Å². The molecule has 0 aromatic heterocycles. The van der Waals surface area contributed by atoms with Crippen molar-refractivity contribution in [3.63, 3.8) is 0 Å². The summed E-state index contributed by atoms with van der Waals surface area (Å²) in [5, 5.41) is 0. The molecule has 0 heterocycles. The van der Waals surface area contributed by atoms with Gasteiger partial charge in [-0.2, -0.15) is 52.7 Å². The average molecular weight is 617 g/mol. The third-order valence-corrected chi connectivity index (χ3v) is 7.61. The standard InChI is InChI=1S/2C2HF6NO4S2.Mn/c2*3-1(4,5)14(10,11)9-15(12,13)2(6,7)8;/h2*9H;. The summed E-state index contributed by atoms with van der Waals surface area (Å²) in [7, 11) is -26.4. The molecule has 0 aliphatic heterocycles. The Kier molecular flexibility index (Phi) is 11.0. The Bertz CT molecular complexity index is 862. The van der Waals surface area contributed by atoms with E-state index in [1.807, 2.05) is 0 Å². The van der Waals surface area contributed by atoms with E-state index in [0.29, 0.717) is 0 Å². The van der Waals surface area contributed by atoms with Crippen LogP contribution in [0, 0.1) is 0 Å². The minimum atomic E-state index is -6.60. The maximum Gasteiger partial charge on any atom is 0.512 e. The Morgan fingerprint density at radius 1 is 0.355 bits per heavy atom. The second-order valence-corrected chi connectivity index (χ2v) is 11.2. The largest absolute Gasteiger partial charge is 0.512 e. The monoisotopic (exact) mass is 617 g/mol. The van der Waals surface area contributed by atoms with Crippen LogP contribution in [-0.2, 0) is 57.2 Å². The van der Waals surface area contributed by atoms with Gasteiger partial charge in [0.25, 0.3) is 0 Å². The summed E-state index contributed by atoms with van der Waals surface area (Å²) in [6.45, 7) is 0. The van der Waals surface area contributed by atoms with E-state index >= 15 is 0 Å². The van der Waals surface area contributed by atoms with E-state index < -0.39 is 70.4 Å². The van der Waals surface area contributed by atoms with Crippen LogP contribution in [0.3, 0.4) is 0 Å². The molecule has 191 valence electrons. The van der Waals surface area contributed by atoms with Gasteiger partial charge in [0.05, 0.1) is 0 Å². The summed E-state index contributed by atoms with van der Waals surface area (Å²) < 4.78 is 217. The number of rotatable bonds is 4. The van der Waals surface area contributed by atoms with Crippen LogP contribution in [0.15, 0.2) is 0 Å². The van der Waals surface area contributed by atoms with E-state index in [1.165, 1.54) is 0 Å². The Hall–Kier alpha value is -0.601.